The summed E-state index contributed by atoms with van der Waals surface area (Å²) in [5, 5.41) is 0. The normalized spacial score (nSPS) is 13.4. The van der Waals surface area contributed by atoms with Crippen LogP contribution in [0, 0.1) is 0 Å². The molecule has 0 nitrogen and oxygen atoms in total. The zero-order valence-electron chi connectivity index (χ0n) is 77.6. The van der Waals surface area contributed by atoms with Gasteiger partial charge in [-0.25, -0.2) is 0 Å². The lowest BCUT2D eigenvalue weighted by molar-refractivity contribution is 0.568. The summed E-state index contributed by atoms with van der Waals surface area (Å²) < 4.78 is 0. The summed E-state index contributed by atoms with van der Waals surface area (Å²) in [7, 11) is 0. The number of rotatable bonds is 10. The lowest BCUT2D eigenvalue weighted by Crippen LogP contribution is -2.16. The molecule has 0 aromatic heterocycles. The van der Waals surface area contributed by atoms with Gasteiger partial charge < -0.3 is 0 Å². The fourth-order valence-electron chi connectivity index (χ4n) is 15.6. The van der Waals surface area contributed by atoms with E-state index in [-0.39, 0.29) is 65.0 Å². The Kier molecular flexibility index (Phi) is 22.6. The molecule has 0 saturated heterocycles. The van der Waals surface area contributed by atoms with Crippen LogP contribution in [0.1, 0.15) is 316 Å². The van der Waals surface area contributed by atoms with Crippen LogP contribution in [0.2, 0.25) is 0 Å². The van der Waals surface area contributed by atoms with Crippen LogP contribution in [-0.2, 0) is 65.0 Å². The van der Waals surface area contributed by atoms with Crippen LogP contribution in [0.15, 0.2) is 206 Å². The Hall–Kier alpha value is -8.58. The fourth-order valence-corrected chi connectivity index (χ4v) is 15.6. The Morgan fingerprint density at radius 3 is 0.386 bits per heavy atom. The number of hydrogen-bond donors (Lipinski definition) is 0. The van der Waals surface area contributed by atoms with Crippen molar-refractivity contribution in [2.75, 3.05) is 0 Å². The molecule has 0 aliphatic rings. The van der Waals surface area contributed by atoms with Crippen molar-refractivity contribution in [3.8, 4) is 111 Å². The third-order valence-corrected chi connectivity index (χ3v) is 24.0. The number of benzene rings is 11. The molecule has 11 aromatic carbocycles. The van der Waals surface area contributed by atoms with Gasteiger partial charge in [0, 0.05) is 0 Å². The van der Waals surface area contributed by atoms with Crippen LogP contribution in [0.25, 0.3) is 111 Å². The molecule has 0 saturated carbocycles. The van der Waals surface area contributed by atoms with E-state index in [2.05, 4.69) is 456 Å². The lowest BCUT2D eigenvalue weighted by atomic mass is 9.76. The van der Waals surface area contributed by atoms with E-state index in [1.54, 1.807) is 0 Å². The van der Waals surface area contributed by atoms with Crippen molar-refractivity contribution >= 4 is 0 Å². The van der Waals surface area contributed by atoms with Gasteiger partial charge >= 0.3 is 0 Å². The Bertz CT molecular complexity index is 4710. The molecular weight excluding hydrogens is 1370 g/mol. The maximum Gasteiger partial charge on any atom is -0.00926 e. The van der Waals surface area contributed by atoms with Gasteiger partial charge in [-0.3, -0.25) is 0 Å². The minimum Gasteiger partial charge on any atom is -0.0616 e. The third kappa shape index (κ3) is 19.2. The van der Waals surface area contributed by atoms with E-state index < -0.39 is 0 Å². The summed E-state index contributed by atoms with van der Waals surface area (Å²) in [6.45, 7) is 85.4. The predicted octanol–water partition coefficient (Wildman–Crippen LogP) is 33.9. The van der Waals surface area contributed by atoms with E-state index in [0.717, 1.165) is 11.1 Å². The maximum atomic E-state index is 2.66. The smallest absolute Gasteiger partial charge is 0.00926 e. The van der Waals surface area contributed by atoms with Crippen LogP contribution in [-0.4, -0.2) is 0 Å². The molecule has 0 unspecified atom stereocenters. The molecule has 0 heterocycles. The van der Waals surface area contributed by atoms with Crippen LogP contribution < -0.4 is 0 Å². The van der Waals surface area contributed by atoms with Gasteiger partial charge in [0.25, 0.3) is 0 Å². The monoisotopic (exact) mass is 1510 g/mol. The van der Waals surface area contributed by atoms with Gasteiger partial charge in [0.15, 0.2) is 0 Å². The first-order valence-corrected chi connectivity index (χ1v) is 42.7. The first-order valence-electron chi connectivity index (χ1n) is 42.7. The predicted molar refractivity (Wildman–Crippen MR) is 505 cm³/mol. The van der Waals surface area contributed by atoms with Gasteiger partial charge in [-0.1, -0.05) is 407 Å². The molecule has 0 N–H and O–H groups in total. The average molecular weight is 1510 g/mol. The molecule has 0 radical (unpaired) electrons. The highest BCUT2D eigenvalue weighted by atomic mass is 14.4. The summed E-state index contributed by atoms with van der Waals surface area (Å²) in [6.07, 6.45) is 0. The van der Waals surface area contributed by atoms with Crippen LogP contribution in [0.3, 0.4) is 0 Å². The van der Waals surface area contributed by atoms with Crippen LogP contribution >= 0.6 is 0 Å². The summed E-state index contributed by atoms with van der Waals surface area (Å²) in [5.41, 5.74) is 38.5. The molecular formula is C114H142. The van der Waals surface area contributed by atoms with Gasteiger partial charge in [0.1, 0.15) is 0 Å². The Labute approximate surface area is 694 Å². The molecule has 11 aromatic rings. The summed E-state index contributed by atoms with van der Waals surface area (Å²) >= 11 is 0. The molecule has 0 fully saturated rings. The summed E-state index contributed by atoms with van der Waals surface area (Å²) in [4.78, 5) is 0. The second-order valence-corrected chi connectivity index (χ2v) is 46.4. The zero-order chi connectivity index (χ0) is 84.5. The van der Waals surface area contributed by atoms with E-state index >= 15 is 0 Å². The van der Waals surface area contributed by atoms with Crippen molar-refractivity contribution in [1.82, 2.24) is 0 Å². The van der Waals surface area contributed by atoms with Gasteiger partial charge in [0.2, 0.25) is 0 Å². The number of hydrogen-bond acceptors (Lipinski definition) is 0. The first-order chi connectivity index (χ1) is 52.0. The quantitative estimate of drug-likeness (QED) is 0.128. The van der Waals surface area contributed by atoms with E-state index in [0.29, 0.717) is 0 Å². The van der Waals surface area contributed by atoms with E-state index in [1.807, 2.05) is 0 Å². The van der Waals surface area contributed by atoms with Crippen molar-refractivity contribution in [3.63, 3.8) is 0 Å². The molecule has 0 aliphatic heterocycles. The molecule has 598 valence electrons. The minimum atomic E-state index is -0.119. The van der Waals surface area contributed by atoms with Gasteiger partial charge in [-0.05, 0) is 292 Å². The molecule has 0 heteroatoms. The molecule has 114 heavy (non-hydrogen) atoms. The van der Waals surface area contributed by atoms with Crippen molar-refractivity contribution in [2.24, 2.45) is 0 Å². The van der Waals surface area contributed by atoms with Crippen molar-refractivity contribution in [2.45, 2.75) is 314 Å². The van der Waals surface area contributed by atoms with Gasteiger partial charge in [0.05, 0.1) is 0 Å². The highest BCUT2D eigenvalue weighted by molar-refractivity contribution is 6.03. The van der Waals surface area contributed by atoms with E-state index in [1.165, 1.54) is 167 Å². The Morgan fingerprint density at radius 1 is 0.105 bits per heavy atom. The third-order valence-electron chi connectivity index (χ3n) is 24.0. The van der Waals surface area contributed by atoms with Gasteiger partial charge in [-0.15, -0.1) is 0 Å². The van der Waals surface area contributed by atoms with Gasteiger partial charge in [-0.2, -0.15) is 0 Å². The standard InChI is InChI=1S/C114H142/c1-103(2,3)83-51-75(52-84(63-83)104(4,5)6)71-45-72(76-53-85(105(7,8)9)64-86(54-76)106(10,11)12)48-79(47-71)99-69-102(98-44-40-38-42-96(98)82-61-93(113(31,32)33)68-94(62-82)114(34,35)36)100(70-101(99)97-43-39-37-41-95(97)81-59-91(111(25,26)27)67-92(60-81)112(28,29)30)80-49-73(77-55-87(107(13,14)15)65-88(56-77)108(16,17)18)46-74(50-80)78-57-89(109(19,20)21)66-90(58-78)110(22,23)24/h37-70H,1-36H3. The van der Waals surface area contributed by atoms with E-state index in [4.69, 9.17) is 0 Å². The Balaban J connectivity index is 1.44. The lowest BCUT2D eigenvalue weighted by Gasteiger charge is -2.28. The summed E-state index contributed by atoms with van der Waals surface area (Å²) in [6, 6.07) is 84.4. The highest BCUT2D eigenvalue weighted by Crippen LogP contribution is 2.52. The molecule has 0 aliphatic carbocycles. The topological polar surface area (TPSA) is 0 Å². The van der Waals surface area contributed by atoms with Crippen LogP contribution in [0.4, 0.5) is 0 Å². The maximum absolute atomic E-state index is 2.66. The second kappa shape index (κ2) is 29.9. The minimum absolute atomic E-state index is 0.114. The molecule has 0 atom stereocenters. The largest absolute Gasteiger partial charge is 0.0616 e. The summed E-state index contributed by atoms with van der Waals surface area (Å²) in [5.74, 6) is 0. The zero-order valence-corrected chi connectivity index (χ0v) is 77.6. The highest BCUT2D eigenvalue weighted by Gasteiger charge is 2.32. The first kappa shape index (κ1) is 86.3. The molecule has 11 rings (SSSR count). The molecule has 0 amide bonds. The van der Waals surface area contributed by atoms with Crippen molar-refractivity contribution < 1.29 is 0 Å². The van der Waals surface area contributed by atoms with Crippen molar-refractivity contribution in [1.29, 1.82) is 0 Å². The van der Waals surface area contributed by atoms with Crippen molar-refractivity contribution in [3.05, 3.63) is 273 Å². The van der Waals surface area contributed by atoms with E-state index in [9.17, 15) is 0 Å². The second-order valence-electron chi connectivity index (χ2n) is 46.4. The molecule has 0 bridgehead atoms. The molecule has 0 spiro atoms. The Morgan fingerprint density at radius 2 is 0.228 bits per heavy atom. The SMILES string of the molecule is CC(C)(C)c1cc(-c2cc(-c3cc(C(C)(C)C)cc(C(C)(C)C)c3)cc(-c3cc(-c4ccccc4-c4cc(C(C)(C)C)cc(C(C)(C)C)c4)c(-c4cc(-c5cc(C(C)(C)C)cc(C(C)(C)C)c5)cc(-c5cc(C(C)(C)C)cc(C(C)(C)C)c5)c4)cc3-c3ccccc3-c3cc(C(C)(C)C)cc(C(C)(C)C)c3)c2)cc(C(C)(C)C)c1. The fraction of sp³-hybridized carbons (Fsp3) is 0.421. The average Bonchev–Trinajstić information content (AvgIpc) is 0.743. The van der Waals surface area contributed by atoms with Crippen LogP contribution in [0.5, 0.6) is 0 Å².